The summed E-state index contributed by atoms with van der Waals surface area (Å²) in [5, 5.41) is 41.2. The van der Waals surface area contributed by atoms with Crippen molar-refractivity contribution in [1.29, 1.82) is 0 Å². The van der Waals surface area contributed by atoms with E-state index in [1.807, 2.05) is 29.2 Å². The van der Waals surface area contributed by atoms with E-state index in [0.29, 0.717) is 50.0 Å². The van der Waals surface area contributed by atoms with Crippen LogP contribution in [0.4, 0.5) is 8.78 Å². The minimum atomic E-state index is -2.86. The summed E-state index contributed by atoms with van der Waals surface area (Å²) >= 11 is 0. The first-order valence-electron chi connectivity index (χ1n) is 14.7. The number of nitrogens with zero attached hydrogens (tertiary/aromatic N) is 2. The molecule has 0 radical (unpaired) electrons. The fraction of sp³-hybridized carbons (Fsp3) is 0.438. The van der Waals surface area contributed by atoms with Gasteiger partial charge in [-0.2, -0.15) is 0 Å². The molecule has 1 saturated heterocycles. The number of pyridine rings is 1. The monoisotopic (exact) mass is 628 g/mol. The molecule has 11 nitrogen and oxygen atoms in total. The number of likely N-dealkylation sites (tertiary alicyclic amines) is 1. The van der Waals surface area contributed by atoms with Crippen molar-refractivity contribution in [3.05, 3.63) is 71.1 Å². The number of carbonyl (C=O) groups excluding carboxylic acids is 1. The summed E-state index contributed by atoms with van der Waals surface area (Å²) in [5.74, 6) is -6.29. The van der Waals surface area contributed by atoms with Gasteiger partial charge in [0.15, 0.2) is 23.5 Å². The van der Waals surface area contributed by atoms with E-state index in [0.717, 1.165) is 16.8 Å². The molecule has 0 amide bonds. The van der Waals surface area contributed by atoms with Gasteiger partial charge in [0, 0.05) is 73.9 Å². The highest BCUT2D eigenvalue weighted by Gasteiger charge is 2.46. The number of aliphatic hydroxyl groups excluding tert-OH is 1. The Kier molecular flexibility index (Phi) is 9.33. The fourth-order valence-electron chi connectivity index (χ4n) is 6.27. The summed E-state index contributed by atoms with van der Waals surface area (Å²) in [6, 6.07) is 8.30. The van der Waals surface area contributed by atoms with E-state index in [1.165, 1.54) is 0 Å². The predicted octanol–water partition coefficient (Wildman–Crippen LogP) is 3.30. The summed E-state index contributed by atoms with van der Waals surface area (Å²) in [5.41, 5.74) is -2.69. The Hall–Kier alpha value is -4.20. The Morgan fingerprint density at radius 2 is 1.76 bits per heavy atom. The molecule has 1 aliphatic heterocycles. The maximum atomic E-state index is 14.1. The molecule has 4 N–H and O–H groups in total. The lowest BCUT2D eigenvalue weighted by Gasteiger charge is -2.42. The summed E-state index contributed by atoms with van der Waals surface area (Å²) < 4.78 is 39.8. The summed E-state index contributed by atoms with van der Waals surface area (Å²) in [7, 11) is 0. The largest absolute Gasteiger partial charge is 0.481 e. The number of fused-ring (bicyclic) bond motifs is 2. The van der Waals surface area contributed by atoms with Gasteiger partial charge in [-0.25, -0.2) is 13.6 Å². The van der Waals surface area contributed by atoms with Crippen LogP contribution in [0.5, 0.6) is 5.75 Å². The van der Waals surface area contributed by atoms with Crippen LogP contribution in [0.2, 0.25) is 0 Å². The molecule has 2 heterocycles. The van der Waals surface area contributed by atoms with Gasteiger partial charge in [-0.05, 0) is 30.2 Å². The minimum Gasteiger partial charge on any atom is -0.481 e. The number of rotatable bonds is 12. The molecule has 1 aliphatic carbocycles. The molecule has 0 saturated carbocycles. The van der Waals surface area contributed by atoms with Crippen LogP contribution in [0.3, 0.4) is 0 Å². The third-order valence-electron chi connectivity index (χ3n) is 8.61. The summed E-state index contributed by atoms with van der Waals surface area (Å²) in [4.78, 5) is 42.3. The van der Waals surface area contributed by atoms with Gasteiger partial charge in [-0.15, -0.1) is 0 Å². The van der Waals surface area contributed by atoms with E-state index in [9.17, 15) is 38.5 Å². The van der Waals surface area contributed by atoms with Crippen LogP contribution >= 0.6 is 0 Å². The van der Waals surface area contributed by atoms with Crippen molar-refractivity contribution in [3.8, 4) is 5.75 Å². The van der Waals surface area contributed by atoms with Crippen LogP contribution in [-0.2, 0) is 37.6 Å². The van der Waals surface area contributed by atoms with Crippen molar-refractivity contribution in [2.75, 3.05) is 19.6 Å². The first-order chi connectivity index (χ1) is 21.4. The lowest BCUT2D eigenvalue weighted by molar-refractivity contribution is -0.181. The second kappa shape index (κ2) is 13.0. The topological polar surface area (TPSA) is 167 Å². The number of aliphatic carboxylic acids is 2. The lowest BCUT2D eigenvalue weighted by atomic mass is 9.82. The molecule has 1 aromatic heterocycles. The molecule has 0 spiro atoms. The first kappa shape index (κ1) is 32.2. The number of carbonyl (C=O) groups is 3. The number of hydrogen-bond donors (Lipinski definition) is 4. The van der Waals surface area contributed by atoms with Gasteiger partial charge < -0.3 is 34.8 Å². The third-order valence-corrected chi connectivity index (χ3v) is 8.61. The molecule has 2 aliphatic rings. The van der Waals surface area contributed by atoms with Crippen LogP contribution in [0.25, 0.3) is 10.8 Å². The zero-order valence-electron chi connectivity index (χ0n) is 24.4. The number of esters is 1. The number of aromatic nitrogens is 1. The van der Waals surface area contributed by atoms with Gasteiger partial charge in [0.25, 0.3) is 0 Å². The van der Waals surface area contributed by atoms with Crippen molar-refractivity contribution in [2.45, 2.75) is 68.9 Å². The SMILES string of the molecule is O=C(O)CC(O)(CC(=O)OC1(c2cncc3ccccc23)CCN(CCC(O)Oc2cc(F)c(F)c3c2CCC3)CC1)C(=O)O. The zero-order chi connectivity index (χ0) is 32.4. The third kappa shape index (κ3) is 6.90. The lowest BCUT2D eigenvalue weighted by Crippen LogP contribution is -2.48. The normalized spacial score (nSPS) is 18.1. The molecule has 2 aromatic carbocycles. The second-order valence-electron chi connectivity index (χ2n) is 11.6. The first-order valence-corrected chi connectivity index (χ1v) is 14.7. The van der Waals surface area contributed by atoms with E-state index in [1.54, 1.807) is 12.4 Å². The highest BCUT2D eigenvalue weighted by atomic mass is 19.2. The van der Waals surface area contributed by atoms with Crippen molar-refractivity contribution < 1.29 is 53.1 Å². The maximum absolute atomic E-state index is 14.1. The smallest absolute Gasteiger partial charge is 0.336 e. The number of aliphatic hydroxyl groups is 2. The fourth-order valence-corrected chi connectivity index (χ4v) is 6.27. The number of carboxylic acids is 2. The molecule has 2 unspecified atom stereocenters. The number of carboxylic acid groups (broad SMARTS) is 2. The van der Waals surface area contributed by atoms with Gasteiger partial charge in [0.1, 0.15) is 11.4 Å². The highest BCUT2D eigenvalue weighted by molar-refractivity contribution is 5.89. The molecule has 3 aromatic rings. The Morgan fingerprint density at radius 1 is 1.04 bits per heavy atom. The second-order valence-corrected chi connectivity index (χ2v) is 11.6. The van der Waals surface area contributed by atoms with E-state index < -0.39 is 59.9 Å². The molecule has 5 rings (SSSR count). The number of hydrogen-bond acceptors (Lipinski definition) is 9. The molecule has 0 bridgehead atoms. The number of halogens is 2. The van der Waals surface area contributed by atoms with Crippen LogP contribution in [-0.4, -0.2) is 79.7 Å². The van der Waals surface area contributed by atoms with Crippen molar-refractivity contribution in [1.82, 2.24) is 9.88 Å². The summed E-state index contributed by atoms with van der Waals surface area (Å²) in [6.07, 6.45) is 1.93. The number of ether oxygens (including phenoxy) is 2. The van der Waals surface area contributed by atoms with Crippen molar-refractivity contribution in [2.24, 2.45) is 0 Å². The Labute approximate surface area is 257 Å². The quantitative estimate of drug-likeness (QED) is 0.172. The van der Waals surface area contributed by atoms with Gasteiger partial charge in [0.2, 0.25) is 0 Å². The Balaban J connectivity index is 1.30. The zero-order valence-corrected chi connectivity index (χ0v) is 24.4. The molecule has 2 atom stereocenters. The molecule has 13 heteroatoms. The van der Waals surface area contributed by atoms with Gasteiger partial charge in [-0.3, -0.25) is 14.6 Å². The van der Waals surface area contributed by atoms with Crippen LogP contribution in [0.1, 0.15) is 55.2 Å². The molecule has 240 valence electrons. The standard InChI is InChI=1S/C32H34F2N2O9/c33-24-14-25(21-6-3-7-22(21)29(24)34)44-27(39)8-11-36-12-9-32(10-13-36,23-18-35-17-19-4-1-2-5-20(19)23)45-28(40)16-31(43,30(41)42)15-26(37)38/h1-2,4-5,14,17-18,27,39,43H,3,6-13,15-16H2,(H,37,38)(H,41,42). The average molecular weight is 629 g/mol. The number of piperidine rings is 1. The molecule has 45 heavy (non-hydrogen) atoms. The van der Waals surface area contributed by atoms with E-state index in [2.05, 4.69) is 4.98 Å². The molecular weight excluding hydrogens is 594 g/mol. The highest BCUT2D eigenvalue weighted by Crippen LogP contribution is 2.41. The number of benzene rings is 2. The van der Waals surface area contributed by atoms with Gasteiger partial charge in [-0.1, -0.05) is 24.3 Å². The van der Waals surface area contributed by atoms with E-state index >= 15 is 0 Å². The average Bonchev–Trinajstić information content (AvgIpc) is 3.49. The Morgan fingerprint density at radius 3 is 2.47 bits per heavy atom. The van der Waals surface area contributed by atoms with Crippen LogP contribution in [0.15, 0.2) is 42.7 Å². The van der Waals surface area contributed by atoms with E-state index in [-0.39, 0.29) is 30.6 Å². The van der Waals surface area contributed by atoms with Gasteiger partial charge >= 0.3 is 17.9 Å². The predicted molar refractivity (Wildman–Crippen MR) is 154 cm³/mol. The van der Waals surface area contributed by atoms with Crippen molar-refractivity contribution >= 4 is 28.7 Å². The Bertz CT molecular complexity index is 1600. The van der Waals surface area contributed by atoms with E-state index in [4.69, 9.17) is 14.6 Å². The van der Waals surface area contributed by atoms with Crippen molar-refractivity contribution in [3.63, 3.8) is 0 Å². The van der Waals surface area contributed by atoms with Crippen LogP contribution < -0.4 is 4.74 Å². The maximum Gasteiger partial charge on any atom is 0.336 e. The summed E-state index contributed by atoms with van der Waals surface area (Å²) in [6.45, 7) is 1.12. The molecule has 1 fully saturated rings. The molecular formula is C32H34F2N2O9. The van der Waals surface area contributed by atoms with Gasteiger partial charge in [0.05, 0.1) is 12.8 Å². The minimum absolute atomic E-state index is 0.131. The van der Waals surface area contributed by atoms with Crippen LogP contribution in [0, 0.1) is 11.6 Å².